The van der Waals surface area contributed by atoms with Crippen molar-refractivity contribution in [2.24, 2.45) is 28.7 Å². The van der Waals surface area contributed by atoms with Crippen molar-refractivity contribution in [3.63, 3.8) is 0 Å². The Morgan fingerprint density at radius 3 is 2.30 bits per heavy atom. The summed E-state index contributed by atoms with van der Waals surface area (Å²) in [5.74, 6) is 1.07. The summed E-state index contributed by atoms with van der Waals surface area (Å²) < 4.78 is 0. The molecule has 8 nitrogen and oxygen atoms in total. The predicted octanol–water partition coefficient (Wildman–Crippen LogP) is -0.0155. The van der Waals surface area contributed by atoms with Gasteiger partial charge in [0.2, 0.25) is 11.8 Å². The molecule has 2 N–H and O–H groups in total. The van der Waals surface area contributed by atoms with Crippen molar-refractivity contribution >= 4 is 17.8 Å². The quantitative estimate of drug-likeness (QED) is 0.263. The Hall–Kier alpha value is -1.93. The van der Waals surface area contributed by atoms with E-state index in [1.165, 1.54) is 4.90 Å². The van der Waals surface area contributed by atoms with Crippen LogP contribution in [0.1, 0.15) is 20.3 Å². The number of hydrogen-bond donors (Lipinski definition) is 2. The van der Waals surface area contributed by atoms with Crippen molar-refractivity contribution in [1.29, 1.82) is 0 Å². The van der Waals surface area contributed by atoms with Crippen molar-refractivity contribution in [2.75, 3.05) is 59.4 Å². The van der Waals surface area contributed by atoms with Gasteiger partial charge in [0.1, 0.15) is 0 Å². The Morgan fingerprint density at radius 2 is 1.73 bits per heavy atom. The number of piperazine rings is 1. The normalized spacial score (nSPS) is 32.8. The summed E-state index contributed by atoms with van der Waals surface area (Å²) in [6, 6.07) is 0.423. The lowest BCUT2D eigenvalue weighted by atomic mass is 9.85. The molecule has 8 heteroatoms. The van der Waals surface area contributed by atoms with Crippen LogP contribution in [0.15, 0.2) is 17.1 Å². The summed E-state index contributed by atoms with van der Waals surface area (Å²) in [4.78, 5) is 36.3. The number of rotatable bonds is 7. The first kappa shape index (κ1) is 21.3. The molecule has 0 radical (unpaired) electrons. The average molecular weight is 417 g/mol. The summed E-state index contributed by atoms with van der Waals surface area (Å²) in [6.07, 6.45) is 5.24. The highest BCUT2D eigenvalue weighted by atomic mass is 16.2. The molecule has 0 aromatic rings. The van der Waals surface area contributed by atoms with E-state index in [2.05, 4.69) is 51.4 Å². The molecular weight excluding hydrogens is 380 g/mol. The fourth-order valence-electron chi connectivity index (χ4n) is 5.59. The molecule has 3 fully saturated rings. The summed E-state index contributed by atoms with van der Waals surface area (Å²) in [5.41, 5.74) is 0. The second kappa shape index (κ2) is 9.06. The molecule has 0 aromatic heterocycles. The molecule has 2 aliphatic heterocycles. The molecule has 166 valence electrons. The number of guanidine groups is 1. The van der Waals surface area contributed by atoms with E-state index in [9.17, 15) is 9.59 Å². The number of likely N-dealkylation sites (tertiary alicyclic amines) is 1. The van der Waals surface area contributed by atoms with E-state index in [-0.39, 0.29) is 35.5 Å². The van der Waals surface area contributed by atoms with Gasteiger partial charge in [-0.15, -0.1) is 0 Å². The maximum absolute atomic E-state index is 12.8. The van der Waals surface area contributed by atoms with Crippen LogP contribution in [-0.4, -0.2) is 97.9 Å². The first-order valence-corrected chi connectivity index (χ1v) is 11.5. The maximum Gasteiger partial charge on any atom is 0.233 e. The van der Waals surface area contributed by atoms with E-state index in [1.807, 2.05) is 0 Å². The van der Waals surface area contributed by atoms with Crippen molar-refractivity contribution in [2.45, 2.75) is 26.3 Å². The highest BCUT2D eigenvalue weighted by Gasteiger charge is 2.58. The molecule has 4 aliphatic rings. The number of aliphatic imine (C=N–C) groups is 1. The van der Waals surface area contributed by atoms with Gasteiger partial charge in [-0.2, -0.15) is 0 Å². The smallest absolute Gasteiger partial charge is 0.233 e. The molecule has 5 unspecified atom stereocenters. The van der Waals surface area contributed by atoms with Crippen LogP contribution < -0.4 is 10.6 Å². The minimum absolute atomic E-state index is 0.0199. The summed E-state index contributed by atoms with van der Waals surface area (Å²) in [6.45, 7) is 11.8. The second-order valence-corrected chi connectivity index (χ2v) is 9.03. The van der Waals surface area contributed by atoms with E-state index in [0.717, 1.165) is 51.6 Å². The zero-order chi connectivity index (χ0) is 21.3. The van der Waals surface area contributed by atoms with E-state index in [0.29, 0.717) is 19.1 Å². The van der Waals surface area contributed by atoms with Crippen molar-refractivity contribution < 1.29 is 9.59 Å². The van der Waals surface area contributed by atoms with Crippen LogP contribution in [0.2, 0.25) is 0 Å². The van der Waals surface area contributed by atoms with Gasteiger partial charge < -0.3 is 15.5 Å². The van der Waals surface area contributed by atoms with E-state index < -0.39 is 0 Å². The molecule has 2 amide bonds. The van der Waals surface area contributed by atoms with Crippen LogP contribution in [0.5, 0.6) is 0 Å². The lowest BCUT2D eigenvalue weighted by Gasteiger charge is -2.37. The third kappa shape index (κ3) is 3.99. The number of fused-ring (bicyclic) bond motifs is 5. The van der Waals surface area contributed by atoms with Crippen molar-refractivity contribution in [3.05, 3.63) is 12.2 Å². The number of likely N-dealkylation sites (N-methyl/N-ethyl adjacent to an activating group) is 1. The third-order valence-corrected chi connectivity index (χ3v) is 7.46. The zero-order valence-corrected chi connectivity index (χ0v) is 18.5. The molecule has 5 atom stereocenters. The first-order valence-electron chi connectivity index (χ1n) is 11.5. The van der Waals surface area contributed by atoms with E-state index in [1.54, 1.807) is 7.05 Å². The highest BCUT2D eigenvalue weighted by molar-refractivity contribution is 6.06. The van der Waals surface area contributed by atoms with Crippen LogP contribution in [0.3, 0.4) is 0 Å². The Bertz CT molecular complexity index is 684. The standard InChI is InChI=1S/C22H36N6O2/c1-4-26-9-11-27(12-10-26)15(2)14-25-22(23-3)24-7-8-28-20(29)18-16-5-6-17(13-16)19(18)21(28)30/h5-6,15-19H,4,7-14H2,1-3H3,(H2,23,24,25). The SMILES string of the molecule is CCN1CCN(C(C)CNC(=NC)NCCN2C(=O)C3C4C=CC(C4)C3C2=O)CC1. The third-order valence-electron chi connectivity index (χ3n) is 7.46. The Labute approximate surface area is 179 Å². The monoisotopic (exact) mass is 416 g/mol. The number of imide groups is 1. The van der Waals surface area contributed by atoms with Crippen LogP contribution in [0, 0.1) is 23.7 Å². The van der Waals surface area contributed by atoms with E-state index >= 15 is 0 Å². The number of nitrogens with one attached hydrogen (secondary N) is 2. The number of hydrogen-bond acceptors (Lipinski definition) is 5. The maximum atomic E-state index is 12.8. The first-order chi connectivity index (χ1) is 14.5. The van der Waals surface area contributed by atoms with Crippen LogP contribution in [0.25, 0.3) is 0 Å². The van der Waals surface area contributed by atoms with Gasteiger partial charge in [-0.1, -0.05) is 19.1 Å². The summed E-state index contributed by atoms with van der Waals surface area (Å²) >= 11 is 0. The Balaban J connectivity index is 1.19. The van der Waals surface area contributed by atoms with Gasteiger partial charge in [0.05, 0.1) is 11.8 Å². The number of carbonyl (C=O) groups is 2. The fraction of sp³-hybridized carbons (Fsp3) is 0.773. The van der Waals surface area contributed by atoms with Gasteiger partial charge in [-0.05, 0) is 31.7 Å². The van der Waals surface area contributed by atoms with Gasteiger partial charge in [-0.25, -0.2) is 0 Å². The minimum atomic E-state index is -0.112. The van der Waals surface area contributed by atoms with Crippen LogP contribution >= 0.6 is 0 Å². The molecule has 2 aliphatic carbocycles. The van der Waals surface area contributed by atoms with E-state index in [4.69, 9.17) is 0 Å². The summed E-state index contributed by atoms with van der Waals surface area (Å²) in [7, 11) is 1.75. The van der Waals surface area contributed by atoms with Gasteiger partial charge in [0.25, 0.3) is 0 Å². The minimum Gasteiger partial charge on any atom is -0.355 e. The molecular formula is C22H36N6O2. The lowest BCUT2D eigenvalue weighted by molar-refractivity contribution is -0.140. The molecule has 2 saturated heterocycles. The van der Waals surface area contributed by atoms with Crippen molar-refractivity contribution in [1.82, 2.24) is 25.3 Å². The largest absolute Gasteiger partial charge is 0.355 e. The second-order valence-electron chi connectivity index (χ2n) is 9.03. The predicted molar refractivity (Wildman–Crippen MR) is 117 cm³/mol. The highest BCUT2D eigenvalue weighted by Crippen LogP contribution is 2.52. The summed E-state index contributed by atoms with van der Waals surface area (Å²) in [5, 5.41) is 6.65. The molecule has 30 heavy (non-hydrogen) atoms. The van der Waals surface area contributed by atoms with Crippen molar-refractivity contribution in [3.8, 4) is 0 Å². The zero-order valence-electron chi connectivity index (χ0n) is 18.5. The van der Waals surface area contributed by atoms with Crippen LogP contribution in [0.4, 0.5) is 0 Å². The molecule has 2 heterocycles. The molecule has 0 spiro atoms. The average Bonchev–Trinajstić information content (AvgIpc) is 3.45. The molecule has 4 rings (SSSR count). The Morgan fingerprint density at radius 1 is 1.10 bits per heavy atom. The number of carbonyl (C=O) groups excluding carboxylic acids is 2. The van der Waals surface area contributed by atoms with Gasteiger partial charge in [0.15, 0.2) is 5.96 Å². The number of allylic oxidation sites excluding steroid dienone is 2. The van der Waals surface area contributed by atoms with Gasteiger partial charge >= 0.3 is 0 Å². The van der Waals surface area contributed by atoms with Crippen LogP contribution in [-0.2, 0) is 9.59 Å². The molecule has 2 bridgehead atoms. The fourth-order valence-corrected chi connectivity index (χ4v) is 5.59. The van der Waals surface area contributed by atoms with Gasteiger partial charge in [-0.3, -0.25) is 24.4 Å². The Kier molecular flexibility index (Phi) is 6.43. The number of amides is 2. The number of nitrogens with zero attached hydrogens (tertiary/aromatic N) is 4. The van der Waals surface area contributed by atoms with Gasteiger partial charge in [0, 0.05) is 58.9 Å². The lowest BCUT2D eigenvalue weighted by Crippen LogP contribution is -2.53. The molecule has 1 saturated carbocycles. The molecule has 0 aromatic carbocycles. The topological polar surface area (TPSA) is 80.3 Å².